The fourth-order valence-electron chi connectivity index (χ4n) is 3.85. The molecule has 0 saturated carbocycles. The van der Waals surface area contributed by atoms with Gasteiger partial charge in [0.15, 0.2) is 11.5 Å². The summed E-state index contributed by atoms with van der Waals surface area (Å²) in [6.45, 7) is 8.12. The topological polar surface area (TPSA) is 76.1 Å². The van der Waals surface area contributed by atoms with E-state index in [9.17, 15) is 14.7 Å². The zero-order valence-corrected chi connectivity index (χ0v) is 22.5. The van der Waals surface area contributed by atoms with E-state index in [2.05, 4.69) is 13.8 Å². The first-order valence-electron chi connectivity index (χ1n) is 12.0. The number of aliphatic carboxylic acids is 1. The first kappa shape index (κ1) is 28.2. The molecule has 34 heavy (non-hydrogen) atoms. The van der Waals surface area contributed by atoms with Gasteiger partial charge in [-0.1, -0.05) is 76.5 Å². The van der Waals surface area contributed by atoms with Crippen LogP contribution in [0.4, 0.5) is 0 Å². The number of amides is 1. The molecular formula is C26H37NO5S2. The number of thioether (sulfide) groups is 1. The summed E-state index contributed by atoms with van der Waals surface area (Å²) in [7, 11) is 1.59. The van der Waals surface area contributed by atoms with E-state index in [1.165, 1.54) is 30.6 Å². The average molecular weight is 508 g/mol. The molecule has 8 heteroatoms. The van der Waals surface area contributed by atoms with Gasteiger partial charge in [-0.15, -0.1) is 0 Å². The van der Waals surface area contributed by atoms with Crippen molar-refractivity contribution in [3.05, 3.63) is 28.7 Å². The number of unbranched alkanes of at least 4 members (excludes halogenated alkanes) is 4. The van der Waals surface area contributed by atoms with Crippen molar-refractivity contribution in [3.63, 3.8) is 0 Å². The molecule has 2 rings (SSSR count). The fraction of sp³-hybridized carbons (Fsp3) is 0.577. The molecule has 1 N–H and O–H groups in total. The summed E-state index contributed by atoms with van der Waals surface area (Å²) in [6, 6.07) is 4.56. The van der Waals surface area contributed by atoms with Crippen LogP contribution in [0.2, 0.25) is 0 Å². The van der Waals surface area contributed by atoms with Gasteiger partial charge in [0.05, 0.1) is 18.1 Å². The largest absolute Gasteiger partial charge is 0.493 e. The van der Waals surface area contributed by atoms with E-state index >= 15 is 0 Å². The maximum Gasteiger partial charge on any atom is 0.326 e. The van der Waals surface area contributed by atoms with E-state index in [1.807, 2.05) is 32.0 Å². The highest BCUT2D eigenvalue weighted by molar-refractivity contribution is 8.26. The molecule has 1 aliphatic rings. The molecule has 1 aromatic rings. The SMILES string of the molecule is CCCCCCCC(C)Oc1ccc(/C=C2/SC(=S)N(C(CC(C)C)C(=O)O)C2=O)cc1OC. The highest BCUT2D eigenvalue weighted by Crippen LogP contribution is 2.37. The van der Waals surface area contributed by atoms with Crippen LogP contribution >= 0.6 is 24.0 Å². The van der Waals surface area contributed by atoms with Crippen molar-refractivity contribution in [3.8, 4) is 11.5 Å². The summed E-state index contributed by atoms with van der Waals surface area (Å²) in [5.74, 6) is -0.0559. The van der Waals surface area contributed by atoms with E-state index in [0.29, 0.717) is 22.8 Å². The number of hydrogen-bond acceptors (Lipinski definition) is 6. The minimum Gasteiger partial charge on any atom is -0.493 e. The van der Waals surface area contributed by atoms with Gasteiger partial charge in [-0.25, -0.2) is 4.79 Å². The van der Waals surface area contributed by atoms with Crippen LogP contribution in [0.1, 0.15) is 78.2 Å². The van der Waals surface area contributed by atoms with Crippen molar-refractivity contribution in [1.82, 2.24) is 4.90 Å². The Balaban J connectivity index is 2.11. The van der Waals surface area contributed by atoms with Crippen LogP contribution in [0.15, 0.2) is 23.1 Å². The lowest BCUT2D eigenvalue weighted by molar-refractivity contribution is -0.145. The van der Waals surface area contributed by atoms with Crippen molar-refractivity contribution < 1.29 is 24.2 Å². The molecule has 188 valence electrons. The number of nitrogens with zero attached hydrogens (tertiary/aromatic N) is 1. The molecule has 1 heterocycles. The normalized spacial score (nSPS) is 16.9. The van der Waals surface area contributed by atoms with E-state index < -0.39 is 12.0 Å². The number of carboxylic acid groups (broad SMARTS) is 1. The Morgan fingerprint density at radius 2 is 1.88 bits per heavy atom. The van der Waals surface area contributed by atoms with Gasteiger partial charge in [0.1, 0.15) is 10.4 Å². The Labute approximate surface area is 213 Å². The van der Waals surface area contributed by atoms with Gasteiger partial charge in [0.2, 0.25) is 0 Å². The molecule has 2 atom stereocenters. The standard InChI is InChI=1S/C26H37NO5S2/c1-6-7-8-9-10-11-18(4)32-21-13-12-19(15-22(21)31-5)16-23-24(28)27(26(33)34-23)20(25(29)30)14-17(2)3/h12-13,15-18,20H,6-11,14H2,1-5H3,(H,29,30)/b23-16+. The van der Waals surface area contributed by atoms with Gasteiger partial charge >= 0.3 is 5.97 Å². The maximum atomic E-state index is 13.0. The van der Waals surface area contributed by atoms with Crippen molar-refractivity contribution >= 4 is 46.3 Å². The Hall–Kier alpha value is -2.06. The summed E-state index contributed by atoms with van der Waals surface area (Å²) in [5, 5.41) is 9.64. The second-order valence-electron chi connectivity index (χ2n) is 9.08. The van der Waals surface area contributed by atoms with Crippen LogP contribution in [0.5, 0.6) is 11.5 Å². The van der Waals surface area contributed by atoms with E-state index in [-0.39, 0.29) is 22.2 Å². The molecule has 1 saturated heterocycles. The Bertz CT molecular complexity index is 899. The van der Waals surface area contributed by atoms with Gasteiger partial charge < -0.3 is 14.6 Å². The molecule has 1 aliphatic heterocycles. The van der Waals surface area contributed by atoms with Crippen LogP contribution in [-0.4, -0.2) is 45.5 Å². The number of rotatable bonds is 14. The zero-order chi connectivity index (χ0) is 25.3. The quantitative estimate of drug-likeness (QED) is 0.174. The molecule has 6 nitrogen and oxygen atoms in total. The molecular weight excluding hydrogens is 470 g/mol. The Kier molecular flexibility index (Phi) is 11.4. The lowest BCUT2D eigenvalue weighted by atomic mass is 10.0. The highest BCUT2D eigenvalue weighted by Gasteiger charge is 2.40. The number of carbonyl (C=O) groups is 2. The minimum atomic E-state index is -1.05. The molecule has 0 bridgehead atoms. The van der Waals surface area contributed by atoms with Crippen molar-refractivity contribution in [1.29, 1.82) is 0 Å². The second-order valence-corrected chi connectivity index (χ2v) is 10.8. The molecule has 0 aromatic heterocycles. The van der Waals surface area contributed by atoms with Crippen molar-refractivity contribution in [2.45, 2.75) is 84.8 Å². The first-order chi connectivity index (χ1) is 16.2. The predicted molar refractivity (Wildman–Crippen MR) is 142 cm³/mol. The summed E-state index contributed by atoms with van der Waals surface area (Å²) in [4.78, 5) is 26.4. The minimum absolute atomic E-state index is 0.0755. The molecule has 0 radical (unpaired) electrons. The fourth-order valence-corrected chi connectivity index (χ4v) is 5.20. The number of carbonyl (C=O) groups excluding carboxylic acids is 1. The summed E-state index contributed by atoms with van der Waals surface area (Å²) in [6.07, 6.45) is 9.24. The smallest absolute Gasteiger partial charge is 0.326 e. The van der Waals surface area contributed by atoms with Gasteiger partial charge in [0, 0.05) is 0 Å². The van der Waals surface area contributed by atoms with Crippen molar-refractivity contribution in [2.75, 3.05) is 7.11 Å². The maximum absolute atomic E-state index is 13.0. The molecule has 1 amide bonds. The molecule has 1 aromatic carbocycles. The van der Waals surface area contributed by atoms with Crippen LogP contribution in [0.3, 0.4) is 0 Å². The van der Waals surface area contributed by atoms with Gasteiger partial charge in [-0.3, -0.25) is 9.69 Å². The lowest BCUT2D eigenvalue weighted by Gasteiger charge is -2.24. The summed E-state index contributed by atoms with van der Waals surface area (Å²) < 4.78 is 11.9. The molecule has 1 fully saturated rings. The van der Waals surface area contributed by atoms with Crippen LogP contribution < -0.4 is 9.47 Å². The number of ether oxygens (including phenoxy) is 2. The number of benzene rings is 1. The third kappa shape index (κ3) is 8.01. The predicted octanol–water partition coefficient (Wildman–Crippen LogP) is 6.52. The van der Waals surface area contributed by atoms with E-state index in [0.717, 1.165) is 30.2 Å². The molecule has 0 aliphatic carbocycles. The number of hydrogen-bond donors (Lipinski definition) is 1. The Morgan fingerprint density at radius 3 is 2.50 bits per heavy atom. The second kappa shape index (κ2) is 13.7. The van der Waals surface area contributed by atoms with Crippen LogP contribution in [0, 0.1) is 5.92 Å². The summed E-state index contributed by atoms with van der Waals surface area (Å²) in [5.41, 5.74) is 0.757. The van der Waals surface area contributed by atoms with Gasteiger partial charge in [-0.2, -0.15) is 0 Å². The number of thiocarbonyl (C=S) groups is 1. The first-order valence-corrected chi connectivity index (χ1v) is 13.2. The zero-order valence-electron chi connectivity index (χ0n) is 20.8. The third-order valence-corrected chi connectivity index (χ3v) is 6.97. The number of methoxy groups -OCH3 is 1. The third-order valence-electron chi connectivity index (χ3n) is 5.64. The van der Waals surface area contributed by atoms with Gasteiger partial charge in [0.25, 0.3) is 5.91 Å². The average Bonchev–Trinajstić information content (AvgIpc) is 3.05. The van der Waals surface area contributed by atoms with Crippen LogP contribution in [-0.2, 0) is 9.59 Å². The summed E-state index contributed by atoms with van der Waals surface area (Å²) >= 11 is 6.48. The monoisotopic (exact) mass is 507 g/mol. The van der Waals surface area contributed by atoms with Gasteiger partial charge in [-0.05, 0) is 55.9 Å². The van der Waals surface area contributed by atoms with Crippen LogP contribution in [0.25, 0.3) is 6.08 Å². The lowest BCUT2D eigenvalue weighted by Crippen LogP contribution is -2.44. The van der Waals surface area contributed by atoms with E-state index in [4.69, 9.17) is 21.7 Å². The number of carboxylic acids is 1. The molecule has 0 spiro atoms. The van der Waals surface area contributed by atoms with E-state index in [1.54, 1.807) is 13.2 Å². The molecule has 2 unspecified atom stereocenters. The highest BCUT2D eigenvalue weighted by atomic mass is 32.2. The van der Waals surface area contributed by atoms with Crippen molar-refractivity contribution in [2.24, 2.45) is 5.92 Å². The Morgan fingerprint density at radius 1 is 1.18 bits per heavy atom.